The lowest BCUT2D eigenvalue weighted by Gasteiger charge is -2.61. The smallest absolute Gasteiger partial charge is 0.136 e. The lowest BCUT2D eigenvalue weighted by atomic mass is 9.44. The number of fused-ring (bicyclic) bond motifs is 5. The molecule has 4 rings (SSSR count). The van der Waals surface area contributed by atoms with Gasteiger partial charge in [0, 0.05) is 12.3 Å². The molecule has 13 atom stereocenters. The summed E-state index contributed by atoms with van der Waals surface area (Å²) in [6, 6.07) is 0. The van der Waals surface area contributed by atoms with Gasteiger partial charge in [-0.2, -0.15) is 0 Å². The Labute approximate surface area is 200 Å². The molecule has 0 amide bonds. The van der Waals surface area contributed by atoms with Crippen molar-refractivity contribution in [2.75, 3.05) is 0 Å². The van der Waals surface area contributed by atoms with Gasteiger partial charge in [-0.3, -0.25) is 4.79 Å². The van der Waals surface area contributed by atoms with E-state index in [-0.39, 0.29) is 34.4 Å². The van der Waals surface area contributed by atoms with Gasteiger partial charge in [-0.1, -0.05) is 41.5 Å². The number of carbonyl (C=O) groups is 1. The second-order valence-electron chi connectivity index (χ2n) is 13.4. The van der Waals surface area contributed by atoms with Gasteiger partial charge in [-0.05, 0) is 90.8 Å². The molecule has 0 radical (unpaired) electrons. The fourth-order valence-corrected chi connectivity index (χ4v) is 9.23. The maximum atomic E-state index is 13.3. The highest BCUT2D eigenvalue weighted by Gasteiger charge is 2.63. The number of hydrogen-bond donors (Lipinski definition) is 4. The van der Waals surface area contributed by atoms with Crippen LogP contribution in [0.4, 0.5) is 0 Å². The average Bonchev–Trinajstić information content (AvgIpc) is 3.10. The van der Waals surface area contributed by atoms with Crippen molar-refractivity contribution in [3.05, 3.63) is 0 Å². The molecule has 0 bridgehead atoms. The predicted octanol–water partition coefficient (Wildman–Crippen LogP) is 3.81. The summed E-state index contributed by atoms with van der Waals surface area (Å²) in [4.78, 5) is 13.3. The second kappa shape index (κ2) is 8.87. The molecule has 4 aliphatic rings. The van der Waals surface area contributed by atoms with Crippen LogP contribution in [0.1, 0.15) is 86.5 Å². The Balaban J connectivity index is 1.56. The summed E-state index contributed by atoms with van der Waals surface area (Å²) in [5, 5.41) is 42.8. The SMILES string of the molecule is CC(C)[C@H](C)[C@@H](O)[C@H](O)[C@H](C)[C@H]1CC[C@H]2[C@@H]3CC(=O)[C@H]4C[C@H](O)[C@H](O)C[C@]4(C)[C@H]3CC[C@]12C. The van der Waals surface area contributed by atoms with Crippen LogP contribution in [0.25, 0.3) is 0 Å². The van der Waals surface area contributed by atoms with Crippen LogP contribution < -0.4 is 0 Å². The molecule has 0 aliphatic heterocycles. The number of ketones is 1. The van der Waals surface area contributed by atoms with E-state index in [0.717, 1.165) is 25.7 Å². The molecule has 5 nitrogen and oxygen atoms in total. The standard InChI is InChI=1S/C28H48O5/c1-14(2)15(3)25(32)26(33)16(4)18-7-8-19-17-11-22(29)21-12-23(30)24(31)13-28(21,6)20(17)9-10-27(18,19)5/h14-21,23-26,30-33H,7-13H2,1-6H3/t15-,16+,17-,18+,19-,20-,21+,23-,24+,25+,26+,27+,28+/m0/s1. The lowest BCUT2D eigenvalue weighted by molar-refractivity contribution is -0.175. The predicted molar refractivity (Wildman–Crippen MR) is 128 cm³/mol. The van der Waals surface area contributed by atoms with Crippen LogP contribution in [-0.4, -0.2) is 50.6 Å². The van der Waals surface area contributed by atoms with Gasteiger partial charge in [0.1, 0.15) is 5.78 Å². The molecule has 33 heavy (non-hydrogen) atoms. The normalized spacial score (nSPS) is 49.1. The Bertz CT molecular complexity index is 738. The number of Topliss-reactive ketones (excluding diaryl/α,β-unsaturated/α-hetero) is 1. The first-order valence-electron chi connectivity index (χ1n) is 13.6. The maximum absolute atomic E-state index is 13.3. The van der Waals surface area contributed by atoms with E-state index in [1.807, 2.05) is 6.92 Å². The van der Waals surface area contributed by atoms with E-state index in [4.69, 9.17) is 0 Å². The van der Waals surface area contributed by atoms with Gasteiger partial charge < -0.3 is 20.4 Å². The van der Waals surface area contributed by atoms with Gasteiger partial charge >= 0.3 is 0 Å². The monoisotopic (exact) mass is 464 g/mol. The van der Waals surface area contributed by atoms with Gasteiger partial charge in [0.2, 0.25) is 0 Å². The highest BCUT2D eigenvalue weighted by atomic mass is 16.3. The maximum Gasteiger partial charge on any atom is 0.136 e. The van der Waals surface area contributed by atoms with Gasteiger partial charge in [-0.15, -0.1) is 0 Å². The number of hydrogen-bond acceptors (Lipinski definition) is 5. The first-order chi connectivity index (χ1) is 15.3. The summed E-state index contributed by atoms with van der Waals surface area (Å²) in [6.07, 6.45) is 2.80. The quantitative estimate of drug-likeness (QED) is 0.496. The molecule has 0 heterocycles. The molecule has 0 aromatic heterocycles. The van der Waals surface area contributed by atoms with Crippen LogP contribution in [-0.2, 0) is 4.79 Å². The fourth-order valence-electron chi connectivity index (χ4n) is 9.23. The van der Waals surface area contributed by atoms with Crippen molar-refractivity contribution in [3.8, 4) is 0 Å². The Morgan fingerprint density at radius 3 is 2.15 bits per heavy atom. The van der Waals surface area contributed by atoms with Gasteiger partial charge in [0.25, 0.3) is 0 Å². The molecule has 0 spiro atoms. The Morgan fingerprint density at radius 2 is 1.52 bits per heavy atom. The Hall–Kier alpha value is -0.490. The van der Waals surface area contributed by atoms with Crippen LogP contribution >= 0.6 is 0 Å². The number of carbonyl (C=O) groups excluding carboxylic acids is 1. The molecule has 4 saturated carbocycles. The number of rotatable bonds is 5. The molecular weight excluding hydrogens is 416 g/mol. The van der Waals surface area contributed by atoms with E-state index < -0.39 is 24.4 Å². The van der Waals surface area contributed by atoms with E-state index >= 15 is 0 Å². The summed E-state index contributed by atoms with van der Waals surface area (Å²) < 4.78 is 0. The van der Waals surface area contributed by atoms with Gasteiger partial charge in [0.15, 0.2) is 0 Å². The minimum atomic E-state index is -0.782. The number of aliphatic hydroxyl groups is 4. The van der Waals surface area contributed by atoms with Crippen molar-refractivity contribution in [1.29, 1.82) is 0 Å². The zero-order valence-electron chi connectivity index (χ0n) is 21.6. The van der Waals surface area contributed by atoms with E-state index in [1.54, 1.807) is 0 Å². The van der Waals surface area contributed by atoms with Crippen LogP contribution in [0, 0.1) is 58.2 Å². The topological polar surface area (TPSA) is 98.0 Å². The molecule has 0 saturated heterocycles. The zero-order chi connectivity index (χ0) is 24.5. The fraction of sp³-hybridized carbons (Fsp3) is 0.964. The van der Waals surface area contributed by atoms with Crippen molar-refractivity contribution in [1.82, 2.24) is 0 Å². The summed E-state index contributed by atoms with van der Waals surface area (Å²) in [7, 11) is 0. The van der Waals surface area contributed by atoms with Crippen LogP contribution in [0.3, 0.4) is 0 Å². The van der Waals surface area contributed by atoms with Crippen molar-refractivity contribution < 1.29 is 25.2 Å². The number of aliphatic hydroxyl groups excluding tert-OH is 4. The minimum Gasteiger partial charge on any atom is -0.390 e. The van der Waals surface area contributed by atoms with E-state index in [0.29, 0.717) is 48.9 Å². The Kier molecular flexibility index (Phi) is 6.88. The first-order valence-corrected chi connectivity index (χ1v) is 13.6. The van der Waals surface area contributed by atoms with Crippen molar-refractivity contribution in [2.24, 2.45) is 58.2 Å². The summed E-state index contributed by atoms with van der Waals surface area (Å²) in [5.74, 6) is 2.05. The summed E-state index contributed by atoms with van der Waals surface area (Å²) >= 11 is 0. The van der Waals surface area contributed by atoms with Crippen molar-refractivity contribution >= 4 is 5.78 Å². The minimum absolute atomic E-state index is 0.0158. The highest BCUT2D eigenvalue weighted by molar-refractivity contribution is 5.83. The molecule has 0 aromatic carbocycles. The van der Waals surface area contributed by atoms with Crippen LogP contribution in [0.15, 0.2) is 0 Å². The van der Waals surface area contributed by atoms with Crippen LogP contribution in [0.5, 0.6) is 0 Å². The molecule has 4 aliphatic carbocycles. The van der Waals surface area contributed by atoms with E-state index in [9.17, 15) is 25.2 Å². The zero-order valence-corrected chi connectivity index (χ0v) is 21.6. The van der Waals surface area contributed by atoms with Gasteiger partial charge in [0.05, 0.1) is 24.4 Å². The summed E-state index contributed by atoms with van der Waals surface area (Å²) in [5.41, 5.74) is -0.162. The van der Waals surface area contributed by atoms with Crippen molar-refractivity contribution in [3.63, 3.8) is 0 Å². The third kappa shape index (κ3) is 3.93. The molecule has 190 valence electrons. The average molecular weight is 465 g/mol. The second-order valence-corrected chi connectivity index (χ2v) is 13.4. The molecule has 4 fully saturated rings. The van der Waals surface area contributed by atoms with Crippen molar-refractivity contribution in [2.45, 2.75) is 111 Å². The van der Waals surface area contributed by atoms with Gasteiger partial charge in [-0.25, -0.2) is 0 Å². The van der Waals surface area contributed by atoms with Crippen LogP contribution in [0.2, 0.25) is 0 Å². The molecule has 5 heteroatoms. The third-order valence-electron chi connectivity index (χ3n) is 11.7. The summed E-state index contributed by atoms with van der Waals surface area (Å²) in [6.45, 7) is 12.9. The Morgan fingerprint density at radius 1 is 0.879 bits per heavy atom. The molecule has 0 aromatic rings. The van der Waals surface area contributed by atoms with E-state index in [1.165, 1.54) is 0 Å². The third-order valence-corrected chi connectivity index (χ3v) is 11.7. The van der Waals surface area contributed by atoms with E-state index in [2.05, 4.69) is 34.6 Å². The molecule has 4 N–H and O–H groups in total. The largest absolute Gasteiger partial charge is 0.390 e. The first kappa shape index (κ1) is 25.6. The lowest BCUT2D eigenvalue weighted by Crippen LogP contribution is -2.59. The molecular formula is C28H48O5. The highest BCUT2D eigenvalue weighted by Crippen LogP contribution is 2.67. The molecule has 0 unspecified atom stereocenters.